The Morgan fingerprint density at radius 1 is 1.58 bits per heavy atom. The molecule has 12 heavy (non-hydrogen) atoms. The van der Waals surface area contributed by atoms with E-state index in [0.29, 0.717) is 0 Å². The van der Waals surface area contributed by atoms with E-state index in [9.17, 15) is 4.39 Å². The van der Waals surface area contributed by atoms with Crippen molar-refractivity contribution in [3.63, 3.8) is 0 Å². The summed E-state index contributed by atoms with van der Waals surface area (Å²) < 4.78 is 17.6. The van der Waals surface area contributed by atoms with E-state index in [1.165, 1.54) is 12.1 Å². The van der Waals surface area contributed by atoms with Gasteiger partial charge in [0.1, 0.15) is 0 Å². The van der Waals surface area contributed by atoms with Crippen LogP contribution in [0.25, 0.3) is 0 Å². The lowest BCUT2D eigenvalue weighted by Gasteiger charge is -2.00. The molecule has 0 aliphatic rings. The first-order chi connectivity index (χ1) is 5.77. The third-order valence-corrected chi connectivity index (χ3v) is 1.27. The van der Waals surface area contributed by atoms with E-state index in [4.69, 9.17) is 10.00 Å². The number of rotatable bonds is 2. The van der Waals surface area contributed by atoms with E-state index < -0.39 is 5.82 Å². The maximum absolute atomic E-state index is 12.9. The van der Waals surface area contributed by atoms with Crippen LogP contribution in [0.15, 0.2) is 31.0 Å². The van der Waals surface area contributed by atoms with E-state index in [-0.39, 0.29) is 11.3 Å². The Hall–Kier alpha value is -1.82. The zero-order chi connectivity index (χ0) is 8.97. The van der Waals surface area contributed by atoms with Crippen LogP contribution in [-0.2, 0) is 0 Å². The highest BCUT2D eigenvalue weighted by molar-refractivity contribution is 5.36. The summed E-state index contributed by atoms with van der Waals surface area (Å²) in [5, 5.41) is 8.41. The molecule has 60 valence electrons. The number of hydrogen-bond acceptors (Lipinski definition) is 2. The van der Waals surface area contributed by atoms with Gasteiger partial charge in [-0.15, -0.1) is 0 Å². The van der Waals surface area contributed by atoms with Crippen LogP contribution in [0.1, 0.15) is 5.56 Å². The van der Waals surface area contributed by atoms with Gasteiger partial charge in [-0.1, -0.05) is 6.58 Å². The summed E-state index contributed by atoms with van der Waals surface area (Å²) in [7, 11) is 0. The molecule has 1 rings (SSSR count). The Morgan fingerprint density at radius 3 is 2.83 bits per heavy atom. The van der Waals surface area contributed by atoms with Gasteiger partial charge in [0.2, 0.25) is 0 Å². The van der Waals surface area contributed by atoms with E-state index >= 15 is 0 Å². The second-order valence-corrected chi connectivity index (χ2v) is 2.04. The van der Waals surface area contributed by atoms with Gasteiger partial charge in [-0.05, 0) is 18.2 Å². The van der Waals surface area contributed by atoms with E-state index in [1.807, 2.05) is 6.07 Å². The normalized spacial score (nSPS) is 8.67. The van der Waals surface area contributed by atoms with Gasteiger partial charge in [0, 0.05) is 0 Å². The standard InChI is InChI=1S/C9H6FNO/c1-2-12-9-4-3-7(6-11)5-8(9)10/h2-5H,1H2. The molecule has 1 aromatic carbocycles. The van der Waals surface area contributed by atoms with Crippen LogP contribution in [0.2, 0.25) is 0 Å². The first-order valence-electron chi connectivity index (χ1n) is 3.25. The zero-order valence-corrected chi connectivity index (χ0v) is 6.25. The van der Waals surface area contributed by atoms with Crippen LogP contribution in [0.3, 0.4) is 0 Å². The third kappa shape index (κ3) is 1.61. The molecule has 3 heteroatoms. The van der Waals surface area contributed by atoms with Crippen molar-refractivity contribution in [3.8, 4) is 11.8 Å². The van der Waals surface area contributed by atoms with Crippen molar-refractivity contribution in [1.82, 2.24) is 0 Å². The lowest BCUT2D eigenvalue weighted by molar-refractivity contribution is 0.442. The van der Waals surface area contributed by atoms with Crippen LogP contribution in [0.4, 0.5) is 4.39 Å². The van der Waals surface area contributed by atoms with E-state index in [1.54, 1.807) is 0 Å². The van der Waals surface area contributed by atoms with Crippen molar-refractivity contribution in [1.29, 1.82) is 5.26 Å². The number of benzene rings is 1. The topological polar surface area (TPSA) is 33.0 Å². The van der Waals surface area contributed by atoms with Crippen molar-refractivity contribution >= 4 is 0 Å². The monoisotopic (exact) mass is 163 g/mol. The fraction of sp³-hybridized carbons (Fsp3) is 0. The SMILES string of the molecule is C=COc1ccc(C#N)cc1F. The van der Waals surface area contributed by atoms with Crippen molar-refractivity contribution in [2.75, 3.05) is 0 Å². The minimum absolute atomic E-state index is 0.0731. The molecule has 0 saturated heterocycles. The predicted octanol–water partition coefficient (Wildman–Crippen LogP) is 2.22. The molecule has 0 heterocycles. The average molecular weight is 163 g/mol. The summed E-state index contributed by atoms with van der Waals surface area (Å²) in [5.74, 6) is -0.488. The quantitative estimate of drug-likeness (QED) is 0.626. The molecule has 0 atom stereocenters. The molecular weight excluding hydrogens is 157 g/mol. The van der Waals surface area contributed by atoms with Crippen molar-refractivity contribution in [2.45, 2.75) is 0 Å². The van der Waals surface area contributed by atoms with Gasteiger partial charge < -0.3 is 4.74 Å². The molecule has 1 aromatic rings. The molecule has 0 aliphatic heterocycles. The summed E-state index contributed by atoms with van der Waals surface area (Å²) in [6, 6.07) is 5.78. The number of nitriles is 1. The first kappa shape index (κ1) is 8.28. The van der Waals surface area contributed by atoms with Gasteiger partial charge in [0.15, 0.2) is 11.6 Å². The lowest BCUT2D eigenvalue weighted by atomic mass is 10.2. The van der Waals surface area contributed by atoms with Gasteiger partial charge in [0.05, 0.1) is 17.9 Å². The van der Waals surface area contributed by atoms with Gasteiger partial charge in [0.25, 0.3) is 0 Å². The zero-order valence-electron chi connectivity index (χ0n) is 6.25. The highest BCUT2D eigenvalue weighted by Gasteiger charge is 2.02. The number of hydrogen-bond donors (Lipinski definition) is 0. The molecular formula is C9H6FNO. The molecule has 0 N–H and O–H groups in total. The Balaban J connectivity index is 3.04. The van der Waals surface area contributed by atoms with Crippen LogP contribution in [-0.4, -0.2) is 0 Å². The van der Waals surface area contributed by atoms with Crippen LogP contribution in [0.5, 0.6) is 5.75 Å². The Kier molecular flexibility index (Phi) is 2.44. The highest BCUT2D eigenvalue weighted by Crippen LogP contribution is 2.17. The average Bonchev–Trinajstić information content (AvgIpc) is 2.09. The van der Waals surface area contributed by atoms with Gasteiger partial charge in [-0.3, -0.25) is 0 Å². The summed E-state index contributed by atoms with van der Waals surface area (Å²) in [4.78, 5) is 0. The van der Waals surface area contributed by atoms with Crippen LogP contribution < -0.4 is 4.74 Å². The minimum atomic E-state index is -0.561. The van der Waals surface area contributed by atoms with Gasteiger partial charge >= 0.3 is 0 Å². The molecule has 0 aromatic heterocycles. The maximum Gasteiger partial charge on any atom is 0.166 e. The molecule has 0 aliphatic carbocycles. The molecule has 0 unspecified atom stereocenters. The van der Waals surface area contributed by atoms with E-state index in [2.05, 4.69) is 6.58 Å². The molecule has 2 nitrogen and oxygen atoms in total. The molecule has 0 amide bonds. The summed E-state index contributed by atoms with van der Waals surface area (Å²) in [6.45, 7) is 3.29. The van der Waals surface area contributed by atoms with Crippen LogP contribution in [0, 0.1) is 17.1 Å². The highest BCUT2D eigenvalue weighted by atomic mass is 19.1. The van der Waals surface area contributed by atoms with Gasteiger partial charge in [-0.2, -0.15) is 5.26 Å². The molecule has 0 fully saturated rings. The Bertz CT molecular complexity index is 341. The lowest BCUT2D eigenvalue weighted by Crippen LogP contribution is -1.86. The summed E-state index contributed by atoms with van der Waals surface area (Å²) >= 11 is 0. The molecule has 0 spiro atoms. The molecule has 0 bridgehead atoms. The van der Waals surface area contributed by atoms with Crippen LogP contribution >= 0.6 is 0 Å². The number of halogens is 1. The summed E-state index contributed by atoms with van der Waals surface area (Å²) in [6.07, 6.45) is 1.13. The third-order valence-electron chi connectivity index (χ3n) is 1.27. The minimum Gasteiger partial charge on any atom is -0.463 e. The van der Waals surface area contributed by atoms with E-state index in [0.717, 1.165) is 12.3 Å². The number of ether oxygens (including phenoxy) is 1. The fourth-order valence-corrected chi connectivity index (χ4v) is 0.756. The smallest absolute Gasteiger partial charge is 0.166 e. The molecule has 0 radical (unpaired) electrons. The number of nitrogens with zero attached hydrogens (tertiary/aromatic N) is 1. The maximum atomic E-state index is 12.9. The Labute approximate surface area is 69.5 Å². The largest absolute Gasteiger partial charge is 0.463 e. The van der Waals surface area contributed by atoms with Crippen molar-refractivity contribution in [2.24, 2.45) is 0 Å². The Morgan fingerprint density at radius 2 is 2.33 bits per heavy atom. The first-order valence-corrected chi connectivity index (χ1v) is 3.25. The van der Waals surface area contributed by atoms with Gasteiger partial charge in [-0.25, -0.2) is 4.39 Å². The molecule has 0 saturated carbocycles. The van der Waals surface area contributed by atoms with Crippen molar-refractivity contribution < 1.29 is 9.13 Å². The second kappa shape index (κ2) is 3.54. The summed E-state index contributed by atoms with van der Waals surface area (Å²) in [5.41, 5.74) is 0.268. The fourth-order valence-electron chi connectivity index (χ4n) is 0.756. The van der Waals surface area contributed by atoms with Crippen molar-refractivity contribution in [3.05, 3.63) is 42.4 Å². The second-order valence-electron chi connectivity index (χ2n) is 2.04. The predicted molar refractivity (Wildman–Crippen MR) is 41.9 cm³/mol.